The zero-order chi connectivity index (χ0) is 25.7. The lowest BCUT2D eigenvalue weighted by molar-refractivity contribution is -0.131. The van der Waals surface area contributed by atoms with Crippen molar-refractivity contribution in [1.29, 1.82) is 0 Å². The summed E-state index contributed by atoms with van der Waals surface area (Å²) >= 11 is 19.1. The Morgan fingerprint density at radius 1 is 1.06 bits per heavy atom. The smallest absolute Gasteiger partial charge is 0.342 e. The van der Waals surface area contributed by atoms with E-state index < -0.39 is 5.97 Å². The summed E-state index contributed by atoms with van der Waals surface area (Å²) in [4.78, 5) is 16.3. The molecule has 4 rings (SSSR count). The SMILES string of the molecule is COc1ccc(Cl)cc1-c1nc(S/C(=C\c2ccc(OCc3ccc(Cl)cc3Cl)cc2)C(=O)O)n[nH]1. The van der Waals surface area contributed by atoms with Gasteiger partial charge in [-0.05, 0) is 65.9 Å². The molecule has 0 spiro atoms. The third-order valence-electron chi connectivity index (χ3n) is 4.88. The first-order chi connectivity index (χ1) is 17.3. The second kappa shape index (κ2) is 11.7. The van der Waals surface area contributed by atoms with Crippen LogP contribution in [-0.4, -0.2) is 33.4 Å². The van der Waals surface area contributed by atoms with Gasteiger partial charge in [-0.1, -0.05) is 53.0 Å². The summed E-state index contributed by atoms with van der Waals surface area (Å²) in [6, 6.07) is 17.3. The average Bonchev–Trinajstić information content (AvgIpc) is 3.32. The van der Waals surface area contributed by atoms with E-state index in [4.69, 9.17) is 44.3 Å². The Labute approximate surface area is 226 Å². The van der Waals surface area contributed by atoms with Crippen LogP contribution in [0.3, 0.4) is 0 Å². The lowest BCUT2D eigenvalue weighted by Gasteiger charge is -2.08. The molecule has 0 saturated heterocycles. The van der Waals surface area contributed by atoms with E-state index in [1.54, 1.807) is 60.7 Å². The maximum absolute atomic E-state index is 11.9. The van der Waals surface area contributed by atoms with E-state index in [0.29, 0.717) is 43.5 Å². The first kappa shape index (κ1) is 25.9. The van der Waals surface area contributed by atoms with E-state index in [-0.39, 0.29) is 16.7 Å². The summed E-state index contributed by atoms with van der Waals surface area (Å²) in [5.74, 6) is 0.465. The number of halogens is 3. The Morgan fingerprint density at radius 3 is 2.47 bits per heavy atom. The number of nitrogens with one attached hydrogen (secondary N) is 1. The second-order valence-corrected chi connectivity index (χ2v) is 9.61. The number of aliphatic carboxylic acids is 1. The molecule has 0 bridgehead atoms. The molecular formula is C25H18Cl3N3O4S. The van der Waals surface area contributed by atoms with Crippen LogP contribution in [0.25, 0.3) is 17.5 Å². The van der Waals surface area contributed by atoms with E-state index in [1.165, 1.54) is 13.2 Å². The molecule has 184 valence electrons. The molecular weight excluding hydrogens is 545 g/mol. The summed E-state index contributed by atoms with van der Waals surface area (Å²) in [5, 5.41) is 18.5. The molecule has 2 N–H and O–H groups in total. The van der Waals surface area contributed by atoms with Gasteiger partial charge in [-0.3, -0.25) is 5.10 Å². The minimum absolute atomic E-state index is 0.0419. The highest BCUT2D eigenvalue weighted by atomic mass is 35.5. The number of carbonyl (C=O) groups is 1. The number of rotatable bonds is 9. The molecule has 11 heteroatoms. The highest BCUT2D eigenvalue weighted by Crippen LogP contribution is 2.33. The molecule has 4 aromatic rings. The Morgan fingerprint density at radius 2 is 1.78 bits per heavy atom. The van der Waals surface area contributed by atoms with Crippen LogP contribution < -0.4 is 9.47 Å². The molecule has 0 saturated carbocycles. The fourth-order valence-corrected chi connectivity index (χ4v) is 4.46. The fourth-order valence-electron chi connectivity index (χ4n) is 3.12. The molecule has 0 aliphatic rings. The van der Waals surface area contributed by atoms with Gasteiger partial charge in [-0.25, -0.2) is 9.78 Å². The maximum atomic E-state index is 11.9. The van der Waals surface area contributed by atoms with Crippen LogP contribution in [0.2, 0.25) is 15.1 Å². The number of nitrogens with zero attached hydrogens (tertiary/aromatic N) is 2. The van der Waals surface area contributed by atoms with Gasteiger partial charge in [0.15, 0.2) is 5.82 Å². The molecule has 7 nitrogen and oxygen atoms in total. The first-order valence-electron chi connectivity index (χ1n) is 10.4. The van der Waals surface area contributed by atoms with Crippen molar-refractivity contribution in [2.75, 3.05) is 7.11 Å². The number of thioether (sulfide) groups is 1. The standard InChI is InChI=1S/C25H18Cl3N3O4S/c1-34-21-9-6-16(26)11-19(21)23-29-25(31-30-23)36-22(24(32)33)10-14-2-7-18(8-3-14)35-13-15-4-5-17(27)12-20(15)28/h2-12H,13H2,1H3,(H,32,33)(H,29,30,31)/b22-10-. The van der Waals surface area contributed by atoms with E-state index in [1.807, 2.05) is 0 Å². The van der Waals surface area contributed by atoms with Crippen LogP contribution >= 0.6 is 46.6 Å². The molecule has 0 amide bonds. The molecule has 1 heterocycles. The second-order valence-electron chi connectivity index (χ2n) is 7.32. The van der Waals surface area contributed by atoms with Gasteiger partial charge in [-0.15, -0.1) is 5.10 Å². The molecule has 1 aromatic heterocycles. The number of hydrogen-bond donors (Lipinski definition) is 2. The summed E-state index contributed by atoms with van der Waals surface area (Å²) in [7, 11) is 1.53. The molecule has 0 unspecified atom stereocenters. The number of carboxylic acids is 1. The molecule has 3 aromatic carbocycles. The minimum Gasteiger partial charge on any atom is -0.496 e. The van der Waals surface area contributed by atoms with Gasteiger partial charge in [-0.2, -0.15) is 0 Å². The number of carboxylic acid groups (broad SMARTS) is 1. The Bertz CT molecular complexity index is 1420. The van der Waals surface area contributed by atoms with Crippen LogP contribution in [0.15, 0.2) is 70.7 Å². The van der Waals surface area contributed by atoms with Crippen molar-refractivity contribution in [3.8, 4) is 22.9 Å². The molecule has 0 fully saturated rings. The highest BCUT2D eigenvalue weighted by Gasteiger charge is 2.16. The van der Waals surface area contributed by atoms with Crippen LogP contribution in [-0.2, 0) is 11.4 Å². The molecule has 0 atom stereocenters. The van der Waals surface area contributed by atoms with Crippen molar-refractivity contribution in [2.24, 2.45) is 0 Å². The normalized spacial score (nSPS) is 11.4. The molecule has 0 aliphatic heterocycles. The molecule has 0 radical (unpaired) electrons. The monoisotopic (exact) mass is 561 g/mol. The number of aromatic nitrogens is 3. The maximum Gasteiger partial charge on any atom is 0.342 e. The van der Waals surface area contributed by atoms with Crippen LogP contribution in [0.1, 0.15) is 11.1 Å². The number of H-pyrrole nitrogens is 1. The van der Waals surface area contributed by atoms with Crippen molar-refractivity contribution < 1.29 is 19.4 Å². The zero-order valence-electron chi connectivity index (χ0n) is 18.7. The summed E-state index contributed by atoms with van der Waals surface area (Å²) in [5.41, 5.74) is 2.08. The average molecular weight is 563 g/mol. The van der Waals surface area contributed by atoms with Crippen LogP contribution in [0.5, 0.6) is 11.5 Å². The van der Waals surface area contributed by atoms with Crippen molar-refractivity contribution >= 4 is 58.6 Å². The Balaban J connectivity index is 1.46. The largest absolute Gasteiger partial charge is 0.496 e. The Kier molecular flexibility index (Phi) is 8.43. The molecule has 0 aliphatic carbocycles. The van der Waals surface area contributed by atoms with Crippen LogP contribution in [0, 0.1) is 0 Å². The fraction of sp³-hybridized carbons (Fsp3) is 0.0800. The number of methoxy groups -OCH3 is 1. The van der Waals surface area contributed by atoms with Gasteiger partial charge in [0.25, 0.3) is 0 Å². The topological polar surface area (TPSA) is 97.3 Å². The lowest BCUT2D eigenvalue weighted by atomic mass is 10.2. The van der Waals surface area contributed by atoms with E-state index in [2.05, 4.69) is 15.2 Å². The van der Waals surface area contributed by atoms with Crippen molar-refractivity contribution in [3.05, 3.63) is 91.8 Å². The minimum atomic E-state index is -1.11. The predicted molar refractivity (Wildman–Crippen MR) is 142 cm³/mol. The number of benzene rings is 3. The van der Waals surface area contributed by atoms with Gasteiger partial charge in [0.2, 0.25) is 5.16 Å². The van der Waals surface area contributed by atoms with Crippen molar-refractivity contribution in [1.82, 2.24) is 15.2 Å². The third-order valence-corrected chi connectivity index (χ3v) is 6.58. The number of aromatic amines is 1. The van der Waals surface area contributed by atoms with Gasteiger partial charge in [0, 0.05) is 20.6 Å². The van der Waals surface area contributed by atoms with E-state index in [0.717, 1.165) is 17.3 Å². The van der Waals surface area contributed by atoms with Gasteiger partial charge >= 0.3 is 5.97 Å². The predicted octanol–water partition coefficient (Wildman–Crippen LogP) is 7.24. The van der Waals surface area contributed by atoms with Crippen LogP contribution in [0.4, 0.5) is 0 Å². The zero-order valence-corrected chi connectivity index (χ0v) is 21.8. The highest BCUT2D eigenvalue weighted by molar-refractivity contribution is 8.04. The van der Waals surface area contributed by atoms with Gasteiger partial charge in [0.05, 0.1) is 12.7 Å². The van der Waals surface area contributed by atoms with E-state index >= 15 is 0 Å². The quantitative estimate of drug-likeness (QED) is 0.164. The van der Waals surface area contributed by atoms with Crippen molar-refractivity contribution in [2.45, 2.75) is 11.8 Å². The summed E-state index contributed by atoms with van der Waals surface area (Å²) in [6.45, 7) is 0.270. The van der Waals surface area contributed by atoms with E-state index in [9.17, 15) is 9.90 Å². The third kappa shape index (κ3) is 6.53. The summed E-state index contributed by atoms with van der Waals surface area (Å²) < 4.78 is 11.1. The van der Waals surface area contributed by atoms with Crippen molar-refractivity contribution in [3.63, 3.8) is 0 Å². The first-order valence-corrected chi connectivity index (χ1v) is 12.3. The Hall–Kier alpha value is -3.17. The lowest BCUT2D eigenvalue weighted by Crippen LogP contribution is -1.98. The number of hydrogen-bond acceptors (Lipinski definition) is 6. The van der Waals surface area contributed by atoms with Gasteiger partial charge in [0.1, 0.15) is 23.0 Å². The molecule has 36 heavy (non-hydrogen) atoms. The number of ether oxygens (including phenoxy) is 2. The summed E-state index contributed by atoms with van der Waals surface area (Å²) in [6.07, 6.45) is 1.53. The van der Waals surface area contributed by atoms with Gasteiger partial charge < -0.3 is 14.6 Å².